The minimum Gasteiger partial charge on any atom is -0.449 e. The van der Waals surface area contributed by atoms with Crippen LogP contribution in [0.5, 0.6) is 0 Å². The van der Waals surface area contributed by atoms with Gasteiger partial charge in [0.2, 0.25) is 0 Å². The lowest BCUT2D eigenvalue weighted by Crippen LogP contribution is -2.15. The van der Waals surface area contributed by atoms with Crippen molar-refractivity contribution >= 4 is 11.8 Å². The fourth-order valence-corrected chi connectivity index (χ4v) is 1.70. The van der Waals surface area contributed by atoms with Crippen LogP contribution in [-0.4, -0.2) is 12.7 Å². The highest BCUT2D eigenvalue weighted by Crippen LogP contribution is 2.09. The molecule has 3 heteroatoms. The van der Waals surface area contributed by atoms with E-state index in [1.165, 1.54) is 0 Å². The first kappa shape index (κ1) is 13.1. The molecule has 0 aliphatic carbocycles. The second-order valence-corrected chi connectivity index (χ2v) is 4.36. The number of hydrogen-bond acceptors (Lipinski definition) is 2. The largest absolute Gasteiger partial charge is 0.449 e. The molecule has 1 amide bonds. The molecular formula is C16H17NO2. The smallest absolute Gasteiger partial charge is 0.411 e. The van der Waals surface area contributed by atoms with Gasteiger partial charge in [-0.3, -0.25) is 5.32 Å². The normalized spacial score (nSPS) is 9.95. The zero-order chi connectivity index (χ0) is 13.5. The first-order valence-electron chi connectivity index (χ1n) is 6.28. The van der Waals surface area contributed by atoms with Gasteiger partial charge >= 0.3 is 6.09 Å². The van der Waals surface area contributed by atoms with Crippen molar-refractivity contribution in [2.45, 2.75) is 13.3 Å². The van der Waals surface area contributed by atoms with Crippen molar-refractivity contribution in [3.05, 3.63) is 65.7 Å². The standard InChI is InChI=1S/C16H17NO2/c1-13-7-9-15(10-8-13)17-16(18)19-12-11-14-5-3-2-4-6-14/h2-10H,11-12H2,1H3,(H,17,18). The second kappa shape index (κ2) is 6.59. The van der Waals surface area contributed by atoms with Gasteiger partial charge in [-0.1, -0.05) is 48.0 Å². The highest BCUT2D eigenvalue weighted by atomic mass is 16.5. The topological polar surface area (TPSA) is 38.3 Å². The van der Waals surface area contributed by atoms with E-state index in [1.807, 2.05) is 61.5 Å². The summed E-state index contributed by atoms with van der Waals surface area (Å²) in [5.41, 5.74) is 3.06. The Bertz CT molecular complexity index is 520. The molecule has 0 atom stereocenters. The van der Waals surface area contributed by atoms with Crippen LogP contribution in [0, 0.1) is 6.92 Å². The first-order valence-corrected chi connectivity index (χ1v) is 6.28. The lowest BCUT2D eigenvalue weighted by molar-refractivity contribution is 0.163. The van der Waals surface area contributed by atoms with Gasteiger partial charge < -0.3 is 4.74 Å². The molecule has 2 rings (SSSR count). The van der Waals surface area contributed by atoms with Crippen LogP contribution in [0.3, 0.4) is 0 Å². The average molecular weight is 255 g/mol. The van der Waals surface area contributed by atoms with Crippen molar-refractivity contribution in [1.29, 1.82) is 0 Å². The Balaban J connectivity index is 1.74. The van der Waals surface area contributed by atoms with E-state index in [1.54, 1.807) is 0 Å². The first-order chi connectivity index (χ1) is 9.24. The Morgan fingerprint density at radius 1 is 1.05 bits per heavy atom. The maximum absolute atomic E-state index is 11.6. The molecule has 1 N–H and O–H groups in total. The Morgan fingerprint density at radius 3 is 2.42 bits per heavy atom. The maximum Gasteiger partial charge on any atom is 0.411 e. The molecule has 2 aromatic carbocycles. The third-order valence-corrected chi connectivity index (χ3v) is 2.76. The number of hydrogen-bond donors (Lipinski definition) is 1. The summed E-state index contributed by atoms with van der Waals surface area (Å²) in [5, 5.41) is 2.69. The van der Waals surface area contributed by atoms with Crippen LogP contribution in [0.25, 0.3) is 0 Å². The van der Waals surface area contributed by atoms with Crippen LogP contribution < -0.4 is 5.32 Å². The molecule has 0 fully saturated rings. The summed E-state index contributed by atoms with van der Waals surface area (Å²) in [5.74, 6) is 0. The third kappa shape index (κ3) is 4.47. The SMILES string of the molecule is Cc1ccc(NC(=O)OCCc2ccccc2)cc1. The highest BCUT2D eigenvalue weighted by molar-refractivity contribution is 5.84. The lowest BCUT2D eigenvalue weighted by Gasteiger charge is -2.07. The number of nitrogens with one attached hydrogen (secondary N) is 1. The molecule has 2 aromatic rings. The number of rotatable bonds is 4. The van der Waals surface area contributed by atoms with Crippen molar-refractivity contribution in [3.63, 3.8) is 0 Å². The molecule has 0 aliphatic heterocycles. The fourth-order valence-electron chi connectivity index (χ4n) is 1.70. The highest BCUT2D eigenvalue weighted by Gasteiger charge is 2.02. The van der Waals surface area contributed by atoms with Gasteiger partial charge in [0.1, 0.15) is 0 Å². The molecule has 0 aliphatic rings. The van der Waals surface area contributed by atoms with Crippen molar-refractivity contribution in [3.8, 4) is 0 Å². The van der Waals surface area contributed by atoms with Crippen LogP contribution in [0.4, 0.5) is 10.5 Å². The zero-order valence-electron chi connectivity index (χ0n) is 10.9. The van der Waals surface area contributed by atoms with Gasteiger partial charge in [-0.2, -0.15) is 0 Å². The van der Waals surface area contributed by atoms with Crippen molar-refractivity contribution < 1.29 is 9.53 Å². The monoisotopic (exact) mass is 255 g/mol. The number of aryl methyl sites for hydroxylation is 1. The number of carbonyl (C=O) groups is 1. The van der Waals surface area contributed by atoms with E-state index in [9.17, 15) is 4.79 Å². The Hall–Kier alpha value is -2.29. The summed E-state index contributed by atoms with van der Waals surface area (Å²) in [4.78, 5) is 11.6. The van der Waals surface area contributed by atoms with E-state index in [0.29, 0.717) is 6.61 Å². The predicted molar refractivity (Wildman–Crippen MR) is 76.3 cm³/mol. The van der Waals surface area contributed by atoms with Crippen molar-refractivity contribution in [2.75, 3.05) is 11.9 Å². The molecule has 0 heterocycles. The molecule has 98 valence electrons. The molecule has 0 bridgehead atoms. The van der Waals surface area contributed by atoms with Crippen LogP contribution in [0.1, 0.15) is 11.1 Å². The number of anilines is 1. The minimum absolute atomic E-state index is 0.377. The van der Waals surface area contributed by atoms with Gasteiger partial charge in [-0.15, -0.1) is 0 Å². The molecule has 0 saturated heterocycles. The van der Waals surface area contributed by atoms with E-state index >= 15 is 0 Å². The molecule has 0 radical (unpaired) electrons. The number of carbonyl (C=O) groups excluding carboxylic acids is 1. The third-order valence-electron chi connectivity index (χ3n) is 2.76. The Morgan fingerprint density at radius 2 is 1.74 bits per heavy atom. The number of benzene rings is 2. The summed E-state index contributed by atoms with van der Waals surface area (Å²) in [7, 11) is 0. The predicted octanol–water partition coefficient (Wildman–Crippen LogP) is 3.79. The average Bonchev–Trinajstić information content (AvgIpc) is 2.43. The fraction of sp³-hybridized carbons (Fsp3) is 0.188. The lowest BCUT2D eigenvalue weighted by atomic mass is 10.2. The van der Waals surface area contributed by atoms with E-state index in [2.05, 4.69) is 5.32 Å². The van der Waals surface area contributed by atoms with Crippen LogP contribution in [-0.2, 0) is 11.2 Å². The molecule has 0 aromatic heterocycles. The maximum atomic E-state index is 11.6. The van der Waals surface area contributed by atoms with E-state index < -0.39 is 6.09 Å². The van der Waals surface area contributed by atoms with E-state index in [4.69, 9.17) is 4.74 Å². The van der Waals surface area contributed by atoms with Crippen molar-refractivity contribution in [1.82, 2.24) is 0 Å². The van der Waals surface area contributed by atoms with Crippen LogP contribution in [0.2, 0.25) is 0 Å². The quantitative estimate of drug-likeness (QED) is 0.902. The molecular weight excluding hydrogens is 238 g/mol. The Labute approximate surface area is 113 Å². The number of amides is 1. The molecule has 3 nitrogen and oxygen atoms in total. The second-order valence-electron chi connectivity index (χ2n) is 4.36. The summed E-state index contributed by atoms with van der Waals surface area (Å²) < 4.78 is 5.13. The van der Waals surface area contributed by atoms with Gasteiger partial charge in [-0.25, -0.2) is 4.79 Å². The molecule has 19 heavy (non-hydrogen) atoms. The summed E-state index contributed by atoms with van der Waals surface area (Å²) in [6, 6.07) is 17.5. The van der Waals surface area contributed by atoms with Gasteiger partial charge in [0.05, 0.1) is 6.61 Å². The minimum atomic E-state index is -0.417. The van der Waals surface area contributed by atoms with Crippen molar-refractivity contribution in [2.24, 2.45) is 0 Å². The van der Waals surface area contributed by atoms with Gasteiger partial charge in [-0.05, 0) is 24.6 Å². The number of ether oxygens (including phenoxy) is 1. The molecule has 0 unspecified atom stereocenters. The summed E-state index contributed by atoms with van der Waals surface area (Å²) >= 11 is 0. The Kier molecular flexibility index (Phi) is 4.56. The summed E-state index contributed by atoms with van der Waals surface area (Å²) in [6.45, 7) is 2.38. The van der Waals surface area contributed by atoms with Crippen LogP contribution >= 0.6 is 0 Å². The molecule has 0 spiro atoms. The summed E-state index contributed by atoms with van der Waals surface area (Å²) in [6.07, 6.45) is 0.307. The van der Waals surface area contributed by atoms with Gasteiger partial charge in [0.15, 0.2) is 0 Å². The zero-order valence-corrected chi connectivity index (χ0v) is 10.9. The molecule has 0 saturated carbocycles. The van der Waals surface area contributed by atoms with Gasteiger partial charge in [0, 0.05) is 12.1 Å². The van der Waals surface area contributed by atoms with E-state index in [-0.39, 0.29) is 0 Å². The van der Waals surface area contributed by atoms with Crippen LogP contribution in [0.15, 0.2) is 54.6 Å². The van der Waals surface area contributed by atoms with E-state index in [0.717, 1.165) is 23.2 Å². The van der Waals surface area contributed by atoms with Gasteiger partial charge in [0.25, 0.3) is 0 Å².